The summed E-state index contributed by atoms with van der Waals surface area (Å²) in [5.74, 6) is -0.0491. The highest BCUT2D eigenvalue weighted by Crippen LogP contribution is 2.06. The van der Waals surface area contributed by atoms with Crippen molar-refractivity contribution in [1.82, 2.24) is 14.7 Å². The molecule has 0 amide bonds. The Bertz CT molecular complexity index is 277. The maximum atomic E-state index is 11.2. The van der Waals surface area contributed by atoms with Crippen molar-refractivity contribution in [3.63, 3.8) is 0 Å². The SMILES string of the molecule is CCOC(=O)CCCCCN1CCN(CCN(C)C)CC1. The Kier molecular flexibility index (Phi) is 9.63. The zero-order chi connectivity index (χ0) is 15.5. The summed E-state index contributed by atoms with van der Waals surface area (Å²) in [4.78, 5) is 18.6. The van der Waals surface area contributed by atoms with Gasteiger partial charge in [0.2, 0.25) is 0 Å². The Morgan fingerprint density at radius 3 is 2.19 bits per heavy atom. The van der Waals surface area contributed by atoms with E-state index in [1.54, 1.807) is 0 Å². The second-order valence-electron chi connectivity index (χ2n) is 6.10. The predicted octanol–water partition coefficient (Wildman–Crippen LogP) is 1.29. The second-order valence-corrected chi connectivity index (χ2v) is 6.10. The van der Waals surface area contributed by atoms with E-state index in [4.69, 9.17) is 4.74 Å². The van der Waals surface area contributed by atoms with Crippen molar-refractivity contribution >= 4 is 5.97 Å². The molecule has 0 atom stereocenters. The molecule has 1 saturated heterocycles. The summed E-state index contributed by atoms with van der Waals surface area (Å²) in [6.45, 7) is 10.6. The molecule has 21 heavy (non-hydrogen) atoms. The van der Waals surface area contributed by atoms with E-state index in [0.29, 0.717) is 13.0 Å². The molecule has 5 heteroatoms. The standard InChI is InChI=1S/C16H33N3O2/c1-4-21-16(20)8-6-5-7-9-18-12-14-19(15-13-18)11-10-17(2)3/h4-15H2,1-3H3. The molecule has 1 fully saturated rings. The van der Waals surface area contributed by atoms with E-state index in [-0.39, 0.29) is 5.97 Å². The Labute approximate surface area is 130 Å². The summed E-state index contributed by atoms with van der Waals surface area (Å²) in [6.07, 6.45) is 3.85. The molecule has 5 nitrogen and oxygen atoms in total. The van der Waals surface area contributed by atoms with Gasteiger partial charge in [0.25, 0.3) is 0 Å². The second kappa shape index (κ2) is 11.0. The number of likely N-dealkylation sites (N-methyl/N-ethyl adjacent to an activating group) is 1. The molecule has 124 valence electrons. The number of hydrogen-bond acceptors (Lipinski definition) is 5. The first-order valence-corrected chi connectivity index (χ1v) is 8.37. The van der Waals surface area contributed by atoms with Gasteiger partial charge in [-0.1, -0.05) is 6.42 Å². The summed E-state index contributed by atoms with van der Waals surface area (Å²) in [6, 6.07) is 0. The van der Waals surface area contributed by atoms with Crippen LogP contribution in [-0.4, -0.2) is 87.2 Å². The smallest absolute Gasteiger partial charge is 0.305 e. The molecule has 0 aromatic rings. The molecule has 0 saturated carbocycles. The van der Waals surface area contributed by atoms with E-state index < -0.39 is 0 Å². The summed E-state index contributed by atoms with van der Waals surface area (Å²) in [5.41, 5.74) is 0. The van der Waals surface area contributed by atoms with Crippen molar-refractivity contribution in [3.05, 3.63) is 0 Å². The van der Waals surface area contributed by atoms with Gasteiger partial charge in [0.15, 0.2) is 0 Å². The first kappa shape index (κ1) is 18.4. The number of piperazine rings is 1. The molecule has 0 spiro atoms. The zero-order valence-corrected chi connectivity index (χ0v) is 14.1. The predicted molar refractivity (Wildman–Crippen MR) is 86.5 cm³/mol. The molecule has 0 aromatic heterocycles. The van der Waals surface area contributed by atoms with Gasteiger partial charge >= 0.3 is 5.97 Å². The van der Waals surface area contributed by atoms with E-state index >= 15 is 0 Å². The van der Waals surface area contributed by atoms with Crippen molar-refractivity contribution in [2.24, 2.45) is 0 Å². The molecule has 1 aliphatic heterocycles. The minimum absolute atomic E-state index is 0.0491. The number of hydrogen-bond donors (Lipinski definition) is 0. The monoisotopic (exact) mass is 299 g/mol. The number of rotatable bonds is 10. The van der Waals surface area contributed by atoms with Crippen LogP contribution in [0.25, 0.3) is 0 Å². The Balaban J connectivity index is 1.97. The molecular weight excluding hydrogens is 266 g/mol. The number of unbranched alkanes of at least 4 members (excludes halogenated alkanes) is 2. The minimum Gasteiger partial charge on any atom is -0.466 e. The highest BCUT2D eigenvalue weighted by atomic mass is 16.5. The van der Waals surface area contributed by atoms with Crippen LogP contribution in [0.1, 0.15) is 32.6 Å². The molecule has 0 aliphatic carbocycles. The number of carbonyl (C=O) groups is 1. The van der Waals surface area contributed by atoms with Crippen molar-refractivity contribution in [2.45, 2.75) is 32.6 Å². The van der Waals surface area contributed by atoms with Gasteiger partial charge in [-0.2, -0.15) is 0 Å². The lowest BCUT2D eigenvalue weighted by Gasteiger charge is -2.35. The van der Waals surface area contributed by atoms with Gasteiger partial charge in [-0.3, -0.25) is 9.69 Å². The molecule has 1 rings (SSSR count). The van der Waals surface area contributed by atoms with E-state index in [9.17, 15) is 4.79 Å². The van der Waals surface area contributed by atoms with E-state index in [1.165, 1.54) is 45.7 Å². The van der Waals surface area contributed by atoms with Crippen LogP contribution in [0, 0.1) is 0 Å². The van der Waals surface area contributed by atoms with Crippen molar-refractivity contribution < 1.29 is 9.53 Å². The maximum Gasteiger partial charge on any atom is 0.305 e. The van der Waals surface area contributed by atoms with Crippen LogP contribution >= 0.6 is 0 Å². The lowest BCUT2D eigenvalue weighted by atomic mass is 10.2. The van der Waals surface area contributed by atoms with E-state index in [0.717, 1.165) is 19.4 Å². The fourth-order valence-corrected chi connectivity index (χ4v) is 2.59. The molecule has 1 aliphatic rings. The lowest BCUT2D eigenvalue weighted by Crippen LogP contribution is -2.48. The van der Waals surface area contributed by atoms with E-state index in [1.807, 2.05) is 6.92 Å². The summed E-state index contributed by atoms with van der Waals surface area (Å²) >= 11 is 0. The molecule has 0 N–H and O–H groups in total. The van der Waals surface area contributed by atoms with Crippen LogP contribution in [0.15, 0.2) is 0 Å². The lowest BCUT2D eigenvalue weighted by molar-refractivity contribution is -0.143. The topological polar surface area (TPSA) is 36.0 Å². The number of esters is 1. The van der Waals surface area contributed by atoms with Crippen molar-refractivity contribution in [2.75, 3.05) is 66.5 Å². The molecule has 0 unspecified atom stereocenters. The van der Waals surface area contributed by atoms with E-state index in [2.05, 4.69) is 28.8 Å². The van der Waals surface area contributed by atoms with Crippen LogP contribution in [0.5, 0.6) is 0 Å². The van der Waals surface area contributed by atoms with Gasteiger partial charge in [0.1, 0.15) is 0 Å². The highest BCUT2D eigenvalue weighted by molar-refractivity contribution is 5.69. The third-order valence-electron chi connectivity index (χ3n) is 3.99. The van der Waals surface area contributed by atoms with Crippen LogP contribution in [0.4, 0.5) is 0 Å². The number of nitrogens with zero attached hydrogens (tertiary/aromatic N) is 3. The van der Waals surface area contributed by atoms with Gasteiger partial charge in [-0.15, -0.1) is 0 Å². The normalized spacial score (nSPS) is 17.3. The number of ether oxygens (including phenoxy) is 1. The Morgan fingerprint density at radius 1 is 1.00 bits per heavy atom. The van der Waals surface area contributed by atoms with Gasteiger partial charge in [-0.05, 0) is 40.4 Å². The zero-order valence-electron chi connectivity index (χ0n) is 14.1. The third kappa shape index (κ3) is 9.06. The fraction of sp³-hybridized carbons (Fsp3) is 0.938. The average molecular weight is 299 g/mol. The first-order chi connectivity index (χ1) is 10.1. The highest BCUT2D eigenvalue weighted by Gasteiger charge is 2.16. The fourth-order valence-electron chi connectivity index (χ4n) is 2.59. The van der Waals surface area contributed by atoms with Crippen molar-refractivity contribution in [3.8, 4) is 0 Å². The molecule has 1 heterocycles. The molecule has 0 aromatic carbocycles. The summed E-state index contributed by atoms with van der Waals surface area (Å²) in [7, 11) is 4.26. The Morgan fingerprint density at radius 2 is 1.62 bits per heavy atom. The van der Waals surface area contributed by atoms with Gasteiger partial charge in [0, 0.05) is 45.7 Å². The van der Waals surface area contributed by atoms with Crippen LogP contribution in [0.2, 0.25) is 0 Å². The summed E-state index contributed by atoms with van der Waals surface area (Å²) < 4.78 is 4.93. The van der Waals surface area contributed by atoms with Crippen LogP contribution in [-0.2, 0) is 9.53 Å². The van der Waals surface area contributed by atoms with Crippen molar-refractivity contribution in [1.29, 1.82) is 0 Å². The first-order valence-electron chi connectivity index (χ1n) is 8.37. The average Bonchev–Trinajstić information content (AvgIpc) is 2.46. The summed E-state index contributed by atoms with van der Waals surface area (Å²) in [5, 5.41) is 0. The Hall–Kier alpha value is -0.650. The molecule has 0 radical (unpaired) electrons. The molecule has 0 bridgehead atoms. The largest absolute Gasteiger partial charge is 0.466 e. The quantitative estimate of drug-likeness (QED) is 0.449. The van der Waals surface area contributed by atoms with Crippen LogP contribution in [0.3, 0.4) is 0 Å². The minimum atomic E-state index is -0.0491. The van der Waals surface area contributed by atoms with Gasteiger partial charge < -0.3 is 14.5 Å². The maximum absolute atomic E-state index is 11.2. The third-order valence-corrected chi connectivity index (χ3v) is 3.99. The van der Waals surface area contributed by atoms with Gasteiger partial charge in [-0.25, -0.2) is 0 Å². The van der Waals surface area contributed by atoms with Crippen LogP contribution < -0.4 is 0 Å². The molecular formula is C16H33N3O2. The van der Waals surface area contributed by atoms with Gasteiger partial charge in [0.05, 0.1) is 6.61 Å². The number of carbonyl (C=O) groups excluding carboxylic acids is 1.